The molecular weight excluding hydrogens is 202 g/mol. The number of rotatable bonds is 6. The van der Waals surface area contributed by atoms with E-state index in [0.717, 1.165) is 51.9 Å². The minimum atomic E-state index is 0.250. The number of piperidine rings is 1. The van der Waals surface area contributed by atoms with Crippen LogP contribution in [0.15, 0.2) is 0 Å². The van der Waals surface area contributed by atoms with Gasteiger partial charge in [0.15, 0.2) is 0 Å². The zero-order valence-electron chi connectivity index (χ0n) is 10.6. The van der Waals surface area contributed by atoms with E-state index in [0.29, 0.717) is 0 Å². The molecule has 0 spiro atoms. The molecule has 94 valence electrons. The van der Waals surface area contributed by atoms with Crippen LogP contribution in [0.5, 0.6) is 0 Å². The molecular formula is C12H25N3O. The van der Waals surface area contributed by atoms with Crippen molar-refractivity contribution in [3.8, 4) is 0 Å². The lowest BCUT2D eigenvalue weighted by molar-refractivity contribution is -0.126. The highest BCUT2D eigenvalue weighted by atomic mass is 16.1. The van der Waals surface area contributed by atoms with Gasteiger partial charge in [-0.3, -0.25) is 4.79 Å². The second kappa shape index (κ2) is 7.63. The van der Waals surface area contributed by atoms with E-state index in [9.17, 15) is 4.79 Å². The summed E-state index contributed by atoms with van der Waals surface area (Å²) in [5, 5.41) is 6.15. The van der Waals surface area contributed by atoms with Crippen molar-refractivity contribution in [3.05, 3.63) is 0 Å². The molecule has 0 saturated carbocycles. The number of hydrogen-bond acceptors (Lipinski definition) is 3. The fourth-order valence-corrected chi connectivity index (χ4v) is 2.05. The van der Waals surface area contributed by atoms with Crippen LogP contribution < -0.4 is 10.6 Å². The Morgan fingerprint density at radius 3 is 2.50 bits per heavy atom. The molecule has 0 aromatic heterocycles. The summed E-state index contributed by atoms with van der Waals surface area (Å²) in [6, 6.07) is 0. The minimum Gasteiger partial charge on any atom is -0.356 e. The zero-order chi connectivity index (χ0) is 11.8. The molecule has 1 amide bonds. The first-order valence-corrected chi connectivity index (χ1v) is 6.35. The average molecular weight is 227 g/mol. The van der Waals surface area contributed by atoms with Crippen molar-refractivity contribution in [2.75, 3.05) is 40.3 Å². The summed E-state index contributed by atoms with van der Waals surface area (Å²) in [7, 11) is 4.07. The van der Waals surface area contributed by atoms with Crippen molar-refractivity contribution in [3.63, 3.8) is 0 Å². The third-order valence-corrected chi connectivity index (χ3v) is 3.24. The van der Waals surface area contributed by atoms with E-state index in [4.69, 9.17) is 0 Å². The minimum absolute atomic E-state index is 0.250. The number of amides is 1. The quantitative estimate of drug-likeness (QED) is 0.647. The van der Waals surface area contributed by atoms with Crippen molar-refractivity contribution >= 4 is 5.91 Å². The lowest BCUT2D eigenvalue weighted by Gasteiger charge is -2.28. The molecule has 1 aliphatic rings. The first-order valence-electron chi connectivity index (χ1n) is 6.35. The zero-order valence-corrected chi connectivity index (χ0v) is 10.6. The molecule has 0 aromatic rings. The molecule has 1 fully saturated rings. The number of carbonyl (C=O) groups is 1. The van der Waals surface area contributed by atoms with Gasteiger partial charge in [0.05, 0.1) is 0 Å². The molecule has 0 aliphatic carbocycles. The Morgan fingerprint density at radius 1 is 1.25 bits per heavy atom. The lowest BCUT2D eigenvalue weighted by Crippen LogP contribution is -2.39. The Balaban J connectivity index is 2.06. The molecule has 4 nitrogen and oxygen atoms in total. The average Bonchev–Trinajstić information content (AvgIpc) is 2.29. The van der Waals surface area contributed by atoms with Crippen LogP contribution in [0.4, 0.5) is 0 Å². The van der Waals surface area contributed by atoms with Crippen molar-refractivity contribution < 1.29 is 4.79 Å². The summed E-state index contributed by atoms with van der Waals surface area (Å²) in [5.41, 5.74) is 0. The largest absolute Gasteiger partial charge is 0.356 e. The van der Waals surface area contributed by atoms with Gasteiger partial charge in [0, 0.05) is 12.5 Å². The number of hydrogen-bond donors (Lipinski definition) is 2. The van der Waals surface area contributed by atoms with Crippen LogP contribution in [0.1, 0.15) is 25.7 Å². The summed E-state index contributed by atoms with van der Waals surface area (Å²) >= 11 is 0. The van der Waals surface area contributed by atoms with Gasteiger partial charge in [-0.25, -0.2) is 0 Å². The van der Waals surface area contributed by atoms with Gasteiger partial charge in [0.1, 0.15) is 0 Å². The van der Waals surface area contributed by atoms with Gasteiger partial charge in [-0.2, -0.15) is 0 Å². The predicted octanol–water partition coefficient (Wildman–Crippen LogP) is 0.444. The van der Waals surface area contributed by atoms with Gasteiger partial charge < -0.3 is 15.5 Å². The maximum Gasteiger partial charge on any atom is 0.223 e. The SMILES string of the molecule is CNCCCCNC(=O)C1CCN(C)CC1. The lowest BCUT2D eigenvalue weighted by atomic mass is 9.96. The van der Waals surface area contributed by atoms with Crippen LogP contribution >= 0.6 is 0 Å². The molecule has 0 aromatic carbocycles. The molecule has 0 atom stereocenters. The van der Waals surface area contributed by atoms with E-state index in [1.54, 1.807) is 0 Å². The van der Waals surface area contributed by atoms with Crippen LogP contribution in [-0.2, 0) is 4.79 Å². The third kappa shape index (κ3) is 4.94. The molecule has 16 heavy (non-hydrogen) atoms. The predicted molar refractivity (Wildman–Crippen MR) is 66.4 cm³/mol. The number of likely N-dealkylation sites (tertiary alicyclic amines) is 1. The van der Waals surface area contributed by atoms with Gasteiger partial charge in [0.25, 0.3) is 0 Å². The summed E-state index contributed by atoms with van der Waals surface area (Å²) in [4.78, 5) is 14.1. The van der Waals surface area contributed by atoms with Crippen LogP contribution in [-0.4, -0.2) is 51.1 Å². The Bertz CT molecular complexity index is 200. The highest BCUT2D eigenvalue weighted by Gasteiger charge is 2.22. The molecule has 0 bridgehead atoms. The number of nitrogens with one attached hydrogen (secondary N) is 2. The summed E-state index contributed by atoms with van der Waals surface area (Å²) in [6.07, 6.45) is 4.22. The highest BCUT2D eigenvalue weighted by molar-refractivity contribution is 5.78. The van der Waals surface area contributed by atoms with E-state index in [1.165, 1.54) is 0 Å². The smallest absolute Gasteiger partial charge is 0.223 e. The van der Waals surface area contributed by atoms with Crippen molar-refractivity contribution in [1.29, 1.82) is 0 Å². The van der Waals surface area contributed by atoms with Crippen LogP contribution in [0.3, 0.4) is 0 Å². The number of unbranched alkanes of at least 4 members (excludes halogenated alkanes) is 1. The fourth-order valence-electron chi connectivity index (χ4n) is 2.05. The van der Waals surface area contributed by atoms with Crippen LogP contribution in [0, 0.1) is 5.92 Å². The summed E-state index contributed by atoms with van der Waals surface area (Å²) in [6.45, 7) is 3.96. The Morgan fingerprint density at radius 2 is 1.88 bits per heavy atom. The molecule has 1 aliphatic heterocycles. The molecule has 1 rings (SSSR count). The molecule has 0 unspecified atom stereocenters. The number of nitrogens with zero attached hydrogens (tertiary/aromatic N) is 1. The summed E-state index contributed by atoms with van der Waals surface area (Å²) < 4.78 is 0. The van der Waals surface area contributed by atoms with E-state index in [2.05, 4.69) is 22.6 Å². The highest BCUT2D eigenvalue weighted by Crippen LogP contribution is 2.15. The first-order chi connectivity index (χ1) is 7.74. The molecule has 1 heterocycles. The summed E-state index contributed by atoms with van der Waals surface area (Å²) in [5.74, 6) is 0.512. The topological polar surface area (TPSA) is 44.4 Å². The maximum absolute atomic E-state index is 11.8. The maximum atomic E-state index is 11.8. The fraction of sp³-hybridized carbons (Fsp3) is 0.917. The number of carbonyl (C=O) groups excluding carboxylic acids is 1. The van der Waals surface area contributed by atoms with Crippen LogP contribution in [0.2, 0.25) is 0 Å². The van der Waals surface area contributed by atoms with Crippen molar-refractivity contribution in [1.82, 2.24) is 15.5 Å². The van der Waals surface area contributed by atoms with E-state index >= 15 is 0 Å². The van der Waals surface area contributed by atoms with Crippen molar-refractivity contribution in [2.45, 2.75) is 25.7 Å². The van der Waals surface area contributed by atoms with Gasteiger partial charge in [0.2, 0.25) is 5.91 Å². The van der Waals surface area contributed by atoms with Gasteiger partial charge in [-0.15, -0.1) is 0 Å². The van der Waals surface area contributed by atoms with E-state index in [-0.39, 0.29) is 11.8 Å². The van der Waals surface area contributed by atoms with Crippen molar-refractivity contribution in [2.24, 2.45) is 5.92 Å². The second-order valence-electron chi connectivity index (χ2n) is 4.68. The van der Waals surface area contributed by atoms with E-state index in [1.807, 2.05) is 7.05 Å². The molecule has 2 N–H and O–H groups in total. The Hall–Kier alpha value is -0.610. The molecule has 0 radical (unpaired) electrons. The van der Waals surface area contributed by atoms with Gasteiger partial charge in [-0.1, -0.05) is 0 Å². The van der Waals surface area contributed by atoms with E-state index < -0.39 is 0 Å². The Kier molecular flexibility index (Phi) is 6.42. The first kappa shape index (κ1) is 13.5. The molecule has 4 heteroatoms. The Labute approximate surface area is 98.8 Å². The monoisotopic (exact) mass is 227 g/mol. The molecule has 1 saturated heterocycles. The van der Waals surface area contributed by atoms with Gasteiger partial charge in [-0.05, 0) is 59.4 Å². The van der Waals surface area contributed by atoms with Gasteiger partial charge >= 0.3 is 0 Å². The normalized spacial score (nSPS) is 18.6. The standard InChI is InChI=1S/C12H25N3O/c1-13-7-3-4-8-14-12(16)11-5-9-15(2)10-6-11/h11,13H,3-10H2,1-2H3,(H,14,16). The second-order valence-corrected chi connectivity index (χ2v) is 4.68. The van der Waals surface area contributed by atoms with Crippen LogP contribution in [0.25, 0.3) is 0 Å². The third-order valence-electron chi connectivity index (χ3n) is 3.24.